The monoisotopic (exact) mass is 598 g/mol. The van der Waals surface area contributed by atoms with Gasteiger partial charge < -0.3 is 14.5 Å². The molecule has 0 aliphatic rings. The standard InChI is InChI=1S/C28H27BrN2O6S/c1-16(2)25(28(33)36-4)31-38(34,35)22-12-7-19(8-13-22)18-5-10-21(11-6-18)30-27(32)26-17(3)23-15-20(29)9-14-24(23)37-26/h5-16,25,31H,1-4H3,(H,30,32). The summed E-state index contributed by atoms with van der Waals surface area (Å²) in [6, 6.07) is 18.1. The van der Waals surface area contributed by atoms with Crippen molar-refractivity contribution in [3.8, 4) is 11.1 Å². The molecule has 4 aromatic rings. The Hall–Kier alpha value is -3.47. The molecule has 1 aromatic heterocycles. The van der Waals surface area contributed by atoms with Crippen LogP contribution in [0.25, 0.3) is 22.1 Å². The number of amides is 1. The van der Waals surface area contributed by atoms with Crippen LogP contribution >= 0.6 is 15.9 Å². The quantitative estimate of drug-likeness (QED) is 0.244. The van der Waals surface area contributed by atoms with Crippen molar-refractivity contribution in [3.05, 3.63) is 82.5 Å². The highest BCUT2D eigenvalue weighted by molar-refractivity contribution is 9.10. The number of nitrogens with one attached hydrogen (secondary N) is 2. The lowest BCUT2D eigenvalue weighted by molar-refractivity contribution is -0.143. The maximum Gasteiger partial charge on any atom is 0.324 e. The number of aryl methyl sites for hydroxylation is 1. The predicted molar refractivity (Wildman–Crippen MR) is 149 cm³/mol. The molecule has 198 valence electrons. The Kier molecular flexibility index (Phi) is 8.05. The number of methoxy groups -OCH3 is 1. The molecule has 8 nitrogen and oxygen atoms in total. The molecule has 1 atom stereocenters. The van der Waals surface area contributed by atoms with Gasteiger partial charge in [-0.2, -0.15) is 4.72 Å². The molecule has 2 N–H and O–H groups in total. The number of sulfonamides is 1. The van der Waals surface area contributed by atoms with Gasteiger partial charge in [-0.25, -0.2) is 8.42 Å². The Morgan fingerprint density at radius 2 is 1.55 bits per heavy atom. The fourth-order valence-corrected chi connectivity index (χ4v) is 5.68. The molecule has 1 unspecified atom stereocenters. The Morgan fingerprint density at radius 3 is 2.13 bits per heavy atom. The summed E-state index contributed by atoms with van der Waals surface area (Å²) in [6.45, 7) is 5.31. The van der Waals surface area contributed by atoms with Crippen molar-refractivity contribution in [3.63, 3.8) is 0 Å². The van der Waals surface area contributed by atoms with Gasteiger partial charge in [0.1, 0.15) is 11.6 Å². The number of rotatable bonds is 8. The minimum Gasteiger partial charge on any atom is -0.468 e. The molecule has 1 heterocycles. The Bertz CT molecular complexity index is 1590. The van der Waals surface area contributed by atoms with Gasteiger partial charge in [0.15, 0.2) is 5.76 Å². The highest BCUT2D eigenvalue weighted by atomic mass is 79.9. The third-order valence-electron chi connectivity index (χ3n) is 6.15. The van der Waals surface area contributed by atoms with Gasteiger partial charge in [-0.15, -0.1) is 0 Å². The van der Waals surface area contributed by atoms with Gasteiger partial charge in [-0.1, -0.05) is 54.0 Å². The molecule has 0 aliphatic carbocycles. The minimum absolute atomic E-state index is 0.0351. The van der Waals surface area contributed by atoms with Crippen molar-refractivity contribution in [2.75, 3.05) is 12.4 Å². The second kappa shape index (κ2) is 11.1. The predicted octanol–water partition coefficient (Wildman–Crippen LogP) is 5.90. The molecule has 0 aliphatic heterocycles. The Labute approximate surface area is 229 Å². The largest absolute Gasteiger partial charge is 0.468 e. The van der Waals surface area contributed by atoms with E-state index in [0.717, 1.165) is 26.5 Å². The third-order valence-corrected chi connectivity index (χ3v) is 8.10. The number of anilines is 1. The number of hydrogen-bond donors (Lipinski definition) is 2. The van der Waals surface area contributed by atoms with Gasteiger partial charge in [-0.05, 0) is 66.4 Å². The first-order chi connectivity index (χ1) is 18.0. The molecule has 4 rings (SSSR count). The summed E-state index contributed by atoms with van der Waals surface area (Å²) in [5, 5.41) is 3.72. The number of ether oxygens (including phenoxy) is 1. The second-order valence-corrected chi connectivity index (χ2v) is 11.7. The molecule has 3 aromatic carbocycles. The molecule has 0 radical (unpaired) electrons. The van der Waals surface area contributed by atoms with Crippen molar-refractivity contribution in [1.82, 2.24) is 4.72 Å². The highest BCUT2D eigenvalue weighted by Gasteiger charge is 2.29. The second-order valence-electron chi connectivity index (χ2n) is 9.12. The molecule has 0 spiro atoms. The molecule has 0 saturated heterocycles. The molecule has 10 heteroatoms. The zero-order chi connectivity index (χ0) is 27.6. The topological polar surface area (TPSA) is 115 Å². The molecule has 0 fully saturated rings. The van der Waals surface area contributed by atoms with Crippen LogP contribution in [0.3, 0.4) is 0 Å². The van der Waals surface area contributed by atoms with E-state index in [1.54, 1.807) is 38.1 Å². The number of hydrogen-bond acceptors (Lipinski definition) is 6. The van der Waals surface area contributed by atoms with Crippen molar-refractivity contribution >= 4 is 54.5 Å². The highest BCUT2D eigenvalue weighted by Crippen LogP contribution is 2.29. The van der Waals surface area contributed by atoms with Gasteiger partial charge in [-0.3, -0.25) is 9.59 Å². The van der Waals surface area contributed by atoms with E-state index >= 15 is 0 Å². The van der Waals surface area contributed by atoms with Crippen LogP contribution in [-0.2, 0) is 19.6 Å². The van der Waals surface area contributed by atoms with Crippen LogP contribution < -0.4 is 10.0 Å². The molecule has 38 heavy (non-hydrogen) atoms. The summed E-state index contributed by atoms with van der Waals surface area (Å²) in [5.74, 6) is -1.03. The SMILES string of the molecule is COC(=O)C(NS(=O)(=O)c1ccc(-c2ccc(NC(=O)c3oc4ccc(Br)cc4c3C)cc2)cc1)C(C)C. The number of carbonyl (C=O) groups excluding carboxylic acids is 2. The van der Waals surface area contributed by atoms with Crippen LogP contribution in [0.1, 0.15) is 30.0 Å². The number of fused-ring (bicyclic) bond motifs is 1. The van der Waals surface area contributed by atoms with Gasteiger partial charge >= 0.3 is 5.97 Å². The summed E-state index contributed by atoms with van der Waals surface area (Å²) < 4.78 is 39.4. The number of halogens is 1. The number of benzene rings is 3. The number of carbonyl (C=O) groups is 2. The normalized spacial score (nSPS) is 12.5. The fourth-order valence-electron chi connectivity index (χ4n) is 3.99. The lowest BCUT2D eigenvalue weighted by Crippen LogP contribution is -2.44. The van der Waals surface area contributed by atoms with Gasteiger partial charge in [0.25, 0.3) is 5.91 Å². The summed E-state index contributed by atoms with van der Waals surface area (Å²) >= 11 is 3.44. The van der Waals surface area contributed by atoms with E-state index in [0.29, 0.717) is 11.3 Å². The lowest BCUT2D eigenvalue weighted by Gasteiger charge is -2.19. The van der Waals surface area contributed by atoms with Crippen molar-refractivity contribution in [1.29, 1.82) is 0 Å². The summed E-state index contributed by atoms with van der Waals surface area (Å²) in [7, 11) is -2.71. The third kappa shape index (κ3) is 5.82. The fraction of sp³-hybridized carbons (Fsp3) is 0.214. The van der Waals surface area contributed by atoms with Gasteiger partial charge in [0, 0.05) is 21.1 Å². The van der Waals surface area contributed by atoms with Gasteiger partial charge in [0.05, 0.1) is 12.0 Å². The van der Waals surface area contributed by atoms with Gasteiger partial charge in [0.2, 0.25) is 10.0 Å². The zero-order valence-electron chi connectivity index (χ0n) is 21.2. The minimum atomic E-state index is -3.93. The van der Waals surface area contributed by atoms with E-state index in [4.69, 9.17) is 9.15 Å². The van der Waals surface area contributed by atoms with E-state index < -0.39 is 22.0 Å². The van der Waals surface area contributed by atoms with E-state index in [-0.39, 0.29) is 22.5 Å². The lowest BCUT2D eigenvalue weighted by atomic mass is 10.1. The maximum atomic E-state index is 12.8. The van der Waals surface area contributed by atoms with E-state index in [1.165, 1.54) is 19.2 Å². The first kappa shape index (κ1) is 27.6. The Morgan fingerprint density at radius 1 is 0.947 bits per heavy atom. The summed E-state index contributed by atoms with van der Waals surface area (Å²) in [6.07, 6.45) is 0. The van der Waals surface area contributed by atoms with Crippen LogP contribution in [0.5, 0.6) is 0 Å². The van der Waals surface area contributed by atoms with Crippen LogP contribution in [0.4, 0.5) is 5.69 Å². The first-order valence-electron chi connectivity index (χ1n) is 11.8. The average Bonchev–Trinajstić information content (AvgIpc) is 3.23. The Balaban J connectivity index is 1.47. The molecule has 0 saturated carbocycles. The van der Waals surface area contributed by atoms with Crippen molar-refractivity contribution in [2.24, 2.45) is 5.92 Å². The van der Waals surface area contributed by atoms with E-state index in [2.05, 4.69) is 26.0 Å². The van der Waals surface area contributed by atoms with Crippen LogP contribution in [0.15, 0.2) is 80.5 Å². The molecular weight excluding hydrogens is 572 g/mol. The maximum absolute atomic E-state index is 12.8. The van der Waals surface area contributed by atoms with Crippen LogP contribution in [-0.4, -0.2) is 33.4 Å². The molecule has 0 bridgehead atoms. The van der Waals surface area contributed by atoms with E-state index in [1.807, 2.05) is 37.3 Å². The molecule has 1 amide bonds. The number of esters is 1. The van der Waals surface area contributed by atoms with Crippen LogP contribution in [0, 0.1) is 12.8 Å². The first-order valence-corrected chi connectivity index (χ1v) is 14.1. The van der Waals surface area contributed by atoms with Crippen LogP contribution in [0.2, 0.25) is 0 Å². The summed E-state index contributed by atoms with van der Waals surface area (Å²) in [4.78, 5) is 24.8. The smallest absolute Gasteiger partial charge is 0.324 e. The zero-order valence-corrected chi connectivity index (χ0v) is 23.6. The summed E-state index contributed by atoms with van der Waals surface area (Å²) in [5.41, 5.74) is 3.60. The van der Waals surface area contributed by atoms with Crippen molar-refractivity contribution in [2.45, 2.75) is 31.7 Å². The molecular formula is C28H27BrN2O6S. The number of furan rings is 1. The average molecular weight is 600 g/mol. The van der Waals surface area contributed by atoms with E-state index in [9.17, 15) is 18.0 Å². The van der Waals surface area contributed by atoms with Crippen molar-refractivity contribution < 1.29 is 27.2 Å².